The average molecular weight is 208 g/mol. The maximum atomic E-state index is 9.87. The lowest BCUT2D eigenvalue weighted by Crippen LogP contribution is -2.30. The van der Waals surface area contributed by atoms with Crippen LogP contribution in [0.1, 0.15) is 18.9 Å². The van der Waals surface area contributed by atoms with Gasteiger partial charge in [0, 0.05) is 36.7 Å². The summed E-state index contributed by atoms with van der Waals surface area (Å²) in [7, 11) is 0. The van der Waals surface area contributed by atoms with Crippen LogP contribution in [0.5, 0.6) is 0 Å². The highest BCUT2D eigenvalue weighted by Crippen LogP contribution is 2.28. The average Bonchev–Trinajstić information content (AvgIpc) is 2.59. The van der Waals surface area contributed by atoms with Crippen LogP contribution in [-0.4, -0.2) is 33.9 Å². The normalized spacial score (nSPS) is 25.9. The van der Waals surface area contributed by atoms with Crippen molar-refractivity contribution >= 4 is 5.69 Å². The first-order valence-corrected chi connectivity index (χ1v) is 5.13. The molecule has 0 saturated carbocycles. The number of aliphatic hydroxyl groups excluding tert-OH is 1. The maximum Gasteiger partial charge on any atom is 0.0810 e. The van der Waals surface area contributed by atoms with Crippen LogP contribution in [0.3, 0.4) is 0 Å². The van der Waals surface area contributed by atoms with Crippen LogP contribution in [0, 0.1) is 0 Å². The van der Waals surface area contributed by atoms with E-state index < -0.39 is 5.60 Å². The van der Waals surface area contributed by atoms with Crippen molar-refractivity contribution in [2.45, 2.75) is 25.6 Å². The number of rotatable bonds is 2. The number of β-amino-alcohol motifs (C(OH)–C–C–N with tert-alkyl or cyclic N) is 1. The molecule has 1 unspecified atom stereocenters. The highest BCUT2D eigenvalue weighted by atomic mass is 16.3. The van der Waals surface area contributed by atoms with E-state index in [4.69, 9.17) is 0 Å². The zero-order valence-electron chi connectivity index (χ0n) is 8.85. The van der Waals surface area contributed by atoms with E-state index in [1.807, 2.05) is 13.0 Å². The first kappa shape index (κ1) is 10.4. The quantitative estimate of drug-likeness (QED) is 0.744. The molecule has 1 saturated heterocycles. The Morgan fingerprint density at radius 3 is 3.00 bits per heavy atom. The molecule has 1 aromatic rings. The standard InChI is InChI=1S/C11H16N2O2/c1-11(15)3-5-13(8-11)10-2-4-12-6-9(10)7-14/h2,4,6,14-15H,3,5,7-8H2,1H3. The number of aromatic nitrogens is 1. The fourth-order valence-electron chi connectivity index (χ4n) is 2.00. The van der Waals surface area contributed by atoms with Crippen molar-refractivity contribution in [1.82, 2.24) is 4.98 Å². The number of hydrogen-bond donors (Lipinski definition) is 2. The molecule has 82 valence electrons. The molecule has 0 spiro atoms. The van der Waals surface area contributed by atoms with Gasteiger partial charge in [0.1, 0.15) is 0 Å². The Labute approximate surface area is 89.2 Å². The third-order valence-corrected chi connectivity index (χ3v) is 2.84. The molecule has 1 aromatic heterocycles. The summed E-state index contributed by atoms with van der Waals surface area (Å²) in [6, 6.07) is 1.88. The van der Waals surface area contributed by atoms with Crippen molar-refractivity contribution in [2.24, 2.45) is 0 Å². The molecular formula is C11H16N2O2. The van der Waals surface area contributed by atoms with Crippen molar-refractivity contribution in [1.29, 1.82) is 0 Å². The highest BCUT2D eigenvalue weighted by Gasteiger charge is 2.32. The second-order valence-corrected chi connectivity index (χ2v) is 4.33. The molecule has 0 amide bonds. The summed E-state index contributed by atoms with van der Waals surface area (Å²) < 4.78 is 0. The Morgan fingerprint density at radius 1 is 1.60 bits per heavy atom. The largest absolute Gasteiger partial charge is 0.392 e. The summed E-state index contributed by atoms with van der Waals surface area (Å²) in [5.41, 5.74) is 1.18. The first-order chi connectivity index (χ1) is 7.12. The van der Waals surface area contributed by atoms with E-state index in [9.17, 15) is 10.2 Å². The van der Waals surface area contributed by atoms with E-state index in [0.717, 1.165) is 24.2 Å². The summed E-state index contributed by atoms with van der Waals surface area (Å²) >= 11 is 0. The Kier molecular flexibility index (Phi) is 2.63. The van der Waals surface area contributed by atoms with Gasteiger partial charge in [0.25, 0.3) is 0 Å². The van der Waals surface area contributed by atoms with Gasteiger partial charge in [-0.15, -0.1) is 0 Å². The Balaban J connectivity index is 2.23. The minimum atomic E-state index is -0.615. The van der Waals surface area contributed by atoms with Crippen LogP contribution in [0.15, 0.2) is 18.5 Å². The molecule has 0 aliphatic carbocycles. The van der Waals surface area contributed by atoms with Gasteiger partial charge in [-0.25, -0.2) is 0 Å². The van der Waals surface area contributed by atoms with Crippen LogP contribution in [-0.2, 0) is 6.61 Å². The van der Waals surface area contributed by atoms with Gasteiger partial charge in [0.05, 0.1) is 12.2 Å². The summed E-state index contributed by atoms with van der Waals surface area (Å²) in [6.45, 7) is 3.27. The van der Waals surface area contributed by atoms with Gasteiger partial charge in [-0.2, -0.15) is 0 Å². The van der Waals surface area contributed by atoms with E-state index in [1.54, 1.807) is 12.4 Å². The molecule has 1 aliphatic rings. The maximum absolute atomic E-state index is 9.87. The van der Waals surface area contributed by atoms with Crippen molar-refractivity contribution < 1.29 is 10.2 Å². The Morgan fingerprint density at radius 2 is 2.40 bits per heavy atom. The molecule has 15 heavy (non-hydrogen) atoms. The molecule has 2 heterocycles. The van der Waals surface area contributed by atoms with E-state index in [-0.39, 0.29) is 6.61 Å². The molecule has 2 rings (SSSR count). The molecule has 4 heteroatoms. The summed E-state index contributed by atoms with van der Waals surface area (Å²) in [6.07, 6.45) is 4.14. The highest BCUT2D eigenvalue weighted by molar-refractivity contribution is 5.53. The van der Waals surface area contributed by atoms with Gasteiger partial charge in [0.2, 0.25) is 0 Å². The molecular weight excluding hydrogens is 192 g/mol. The van der Waals surface area contributed by atoms with Crippen molar-refractivity contribution in [3.63, 3.8) is 0 Å². The zero-order valence-corrected chi connectivity index (χ0v) is 8.85. The van der Waals surface area contributed by atoms with E-state index in [2.05, 4.69) is 9.88 Å². The molecule has 0 radical (unpaired) electrons. The number of hydrogen-bond acceptors (Lipinski definition) is 4. The molecule has 2 N–H and O–H groups in total. The molecule has 4 nitrogen and oxygen atoms in total. The van der Waals surface area contributed by atoms with E-state index in [1.165, 1.54) is 0 Å². The summed E-state index contributed by atoms with van der Waals surface area (Å²) in [5, 5.41) is 19.0. The predicted octanol–water partition coefficient (Wildman–Crippen LogP) is 0.535. The number of anilines is 1. The summed E-state index contributed by atoms with van der Waals surface area (Å²) in [4.78, 5) is 6.07. The lowest BCUT2D eigenvalue weighted by atomic mass is 10.1. The monoisotopic (exact) mass is 208 g/mol. The Bertz CT molecular complexity index is 352. The molecule has 1 atom stereocenters. The van der Waals surface area contributed by atoms with E-state index >= 15 is 0 Å². The number of pyridine rings is 1. The summed E-state index contributed by atoms with van der Waals surface area (Å²) in [5.74, 6) is 0. The van der Waals surface area contributed by atoms with Crippen LogP contribution >= 0.6 is 0 Å². The predicted molar refractivity (Wildman–Crippen MR) is 57.6 cm³/mol. The van der Waals surface area contributed by atoms with Gasteiger partial charge in [-0.1, -0.05) is 0 Å². The zero-order chi connectivity index (χ0) is 10.9. The van der Waals surface area contributed by atoms with Crippen molar-refractivity contribution in [3.05, 3.63) is 24.0 Å². The van der Waals surface area contributed by atoms with Crippen LogP contribution in [0.2, 0.25) is 0 Å². The fourth-order valence-corrected chi connectivity index (χ4v) is 2.00. The first-order valence-electron chi connectivity index (χ1n) is 5.13. The number of nitrogens with zero attached hydrogens (tertiary/aromatic N) is 2. The van der Waals surface area contributed by atoms with Gasteiger partial charge in [-0.3, -0.25) is 4.98 Å². The van der Waals surface area contributed by atoms with Gasteiger partial charge in [0.15, 0.2) is 0 Å². The van der Waals surface area contributed by atoms with Crippen molar-refractivity contribution in [2.75, 3.05) is 18.0 Å². The lowest BCUT2D eigenvalue weighted by Gasteiger charge is -2.22. The third kappa shape index (κ3) is 2.11. The molecule has 1 fully saturated rings. The van der Waals surface area contributed by atoms with Crippen LogP contribution < -0.4 is 4.90 Å². The van der Waals surface area contributed by atoms with Crippen molar-refractivity contribution in [3.8, 4) is 0 Å². The topological polar surface area (TPSA) is 56.6 Å². The van der Waals surface area contributed by atoms with Crippen LogP contribution in [0.25, 0.3) is 0 Å². The van der Waals surface area contributed by atoms with Gasteiger partial charge >= 0.3 is 0 Å². The van der Waals surface area contributed by atoms with Crippen LogP contribution in [0.4, 0.5) is 5.69 Å². The molecule has 1 aliphatic heterocycles. The smallest absolute Gasteiger partial charge is 0.0810 e. The van der Waals surface area contributed by atoms with E-state index in [0.29, 0.717) is 6.54 Å². The van der Waals surface area contributed by atoms with Gasteiger partial charge < -0.3 is 15.1 Å². The minimum absolute atomic E-state index is 0.0121. The fraction of sp³-hybridized carbons (Fsp3) is 0.545. The molecule has 0 aromatic carbocycles. The van der Waals surface area contributed by atoms with Gasteiger partial charge in [-0.05, 0) is 19.4 Å². The number of aliphatic hydroxyl groups is 2. The SMILES string of the molecule is CC1(O)CCN(c2ccncc2CO)C1. The lowest BCUT2D eigenvalue weighted by molar-refractivity contribution is 0.0839. The molecule has 0 bridgehead atoms. The minimum Gasteiger partial charge on any atom is -0.392 e. The second kappa shape index (κ2) is 3.79. The Hall–Kier alpha value is -1.13. The third-order valence-electron chi connectivity index (χ3n) is 2.84. The second-order valence-electron chi connectivity index (χ2n) is 4.33.